The monoisotopic (exact) mass is 798 g/mol. The standard InChI is InChI=1S/C42H39F5N8O3/c1-3-6-29-31-10-9-30-35-38(36(44)37(51-30)27-18-25(56)17-23-7-8-28(43)26(4-2)34(23)27)52-40(53-39(35)54(31)16-14-48-29)58-21-41-12-5-15-55(41)24(11-13-41)20-57-33-19-32(42(45,46)47)49-22-50-33/h2-3,7-8,17-19,22,24,29,31,48,56H,1,5-6,9-16,20-21H2/t24-,29-,31+,41-/m0/s1. The number of terminal acetylenes is 1. The molecule has 4 atom stereocenters. The summed E-state index contributed by atoms with van der Waals surface area (Å²) < 4.78 is 84.5. The molecular formula is C42H39F5N8O3. The smallest absolute Gasteiger partial charge is 0.433 e. The van der Waals surface area contributed by atoms with E-state index in [4.69, 9.17) is 30.8 Å². The second kappa shape index (κ2) is 14.6. The van der Waals surface area contributed by atoms with Gasteiger partial charge in [-0.1, -0.05) is 18.1 Å². The van der Waals surface area contributed by atoms with Gasteiger partial charge in [-0.3, -0.25) is 4.90 Å². The molecule has 3 saturated heterocycles. The fraction of sp³-hybridized carbons (Fsp3) is 0.405. The lowest BCUT2D eigenvalue weighted by Gasteiger charge is -2.42. The fourth-order valence-corrected chi connectivity index (χ4v) is 9.55. The van der Waals surface area contributed by atoms with Crippen molar-refractivity contribution in [2.24, 2.45) is 0 Å². The number of benzene rings is 2. The van der Waals surface area contributed by atoms with Crippen LogP contribution in [0.25, 0.3) is 32.9 Å². The molecule has 0 saturated carbocycles. The quantitative estimate of drug-likeness (QED) is 0.0937. The minimum absolute atomic E-state index is 0.0174. The van der Waals surface area contributed by atoms with Crippen molar-refractivity contribution in [3.8, 4) is 41.2 Å². The summed E-state index contributed by atoms with van der Waals surface area (Å²) in [6.07, 6.45) is 8.78. The minimum Gasteiger partial charge on any atom is -0.508 e. The van der Waals surface area contributed by atoms with E-state index in [0.29, 0.717) is 61.1 Å². The number of aromatic nitrogens is 5. The van der Waals surface area contributed by atoms with E-state index in [9.17, 15) is 18.3 Å². The van der Waals surface area contributed by atoms with Crippen LogP contribution >= 0.6 is 0 Å². The summed E-state index contributed by atoms with van der Waals surface area (Å²) in [5.41, 5.74) is -1.05. The van der Waals surface area contributed by atoms with Crippen LogP contribution in [-0.4, -0.2) is 91.4 Å². The third-order valence-electron chi connectivity index (χ3n) is 12.1. The van der Waals surface area contributed by atoms with Crippen LogP contribution in [0.4, 0.5) is 27.8 Å². The Kier molecular flexibility index (Phi) is 9.55. The zero-order chi connectivity index (χ0) is 40.3. The molecule has 2 aromatic carbocycles. The molecule has 0 unspecified atom stereocenters. The molecule has 16 heteroatoms. The predicted octanol–water partition coefficient (Wildman–Crippen LogP) is 6.74. The Morgan fingerprint density at radius 2 is 1.91 bits per heavy atom. The highest BCUT2D eigenvalue weighted by Crippen LogP contribution is 2.45. The number of aryl methyl sites for hydroxylation is 1. The SMILES string of the molecule is C#Cc1c(F)ccc2cc(O)cc(-c3nc4c5c(nc(OC[C@@]67CCCN6[C@H](COc6cc(C(F)(F)F)ncn6)CC7)nc5c3F)N3CCN[C@@H](CC=C)[C@H]3CC4)c12. The van der Waals surface area contributed by atoms with Crippen LogP contribution in [0.15, 0.2) is 49.3 Å². The van der Waals surface area contributed by atoms with E-state index in [1.165, 1.54) is 24.3 Å². The fourth-order valence-electron chi connectivity index (χ4n) is 9.55. The number of halogens is 5. The van der Waals surface area contributed by atoms with Crippen LogP contribution in [0, 0.1) is 24.0 Å². The molecule has 4 aliphatic heterocycles. The summed E-state index contributed by atoms with van der Waals surface area (Å²) in [6, 6.07) is 6.13. The highest BCUT2D eigenvalue weighted by Gasteiger charge is 2.50. The molecule has 7 heterocycles. The second-order valence-electron chi connectivity index (χ2n) is 15.4. The number of fused-ring (bicyclic) bond motifs is 4. The number of nitrogens with zero attached hydrogens (tertiary/aromatic N) is 7. The lowest BCUT2D eigenvalue weighted by Crippen LogP contribution is -2.58. The van der Waals surface area contributed by atoms with Crippen LogP contribution < -0.4 is 19.7 Å². The van der Waals surface area contributed by atoms with E-state index in [1.807, 2.05) is 6.08 Å². The van der Waals surface area contributed by atoms with Gasteiger partial charge in [0.25, 0.3) is 0 Å². The van der Waals surface area contributed by atoms with Gasteiger partial charge in [0.05, 0.1) is 22.2 Å². The lowest BCUT2D eigenvalue weighted by atomic mass is 9.95. The zero-order valence-corrected chi connectivity index (χ0v) is 31.3. The second-order valence-corrected chi connectivity index (χ2v) is 15.4. The van der Waals surface area contributed by atoms with Gasteiger partial charge in [0, 0.05) is 48.2 Å². The maximum absolute atomic E-state index is 17.4. The van der Waals surface area contributed by atoms with Gasteiger partial charge in [0.1, 0.15) is 48.1 Å². The molecule has 5 aromatic rings. The zero-order valence-electron chi connectivity index (χ0n) is 31.3. The van der Waals surface area contributed by atoms with Crippen LogP contribution in [0.5, 0.6) is 17.6 Å². The Bertz CT molecular complexity index is 2490. The Hall–Kier alpha value is -5.66. The number of rotatable bonds is 9. The van der Waals surface area contributed by atoms with Crippen molar-refractivity contribution in [3.63, 3.8) is 0 Å². The van der Waals surface area contributed by atoms with Gasteiger partial charge < -0.3 is 24.8 Å². The first-order chi connectivity index (χ1) is 28.0. The first kappa shape index (κ1) is 37.9. The lowest BCUT2D eigenvalue weighted by molar-refractivity contribution is -0.141. The number of pyridine rings is 1. The summed E-state index contributed by atoms with van der Waals surface area (Å²) >= 11 is 0. The van der Waals surface area contributed by atoms with E-state index < -0.39 is 29.0 Å². The number of hydrogen-bond donors (Lipinski definition) is 2. The third kappa shape index (κ3) is 6.50. The summed E-state index contributed by atoms with van der Waals surface area (Å²) in [5, 5.41) is 15.5. The summed E-state index contributed by atoms with van der Waals surface area (Å²) in [4.78, 5) is 26.2. The van der Waals surface area contributed by atoms with E-state index >= 15 is 8.78 Å². The summed E-state index contributed by atoms with van der Waals surface area (Å²) in [7, 11) is 0. The van der Waals surface area contributed by atoms with Crippen molar-refractivity contribution in [1.82, 2.24) is 35.1 Å². The number of nitrogens with one attached hydrogen (secondary N) is 1. The first-order valence-electron chi connectivity index (χ1n) is 19.3. The Balaban J connectivity index is 1.09. The number of alkyl halides is 3. The topological polar surface area (TPSA) is 122 Å². The number of phenolic OH excluding ortho intramolecular Hbond substituents is 1. The highest BCUT2D eigenvalue weighted by atomic mass is 19.4. The van der Waals surface area contributed by atoms with Gasteiger partial charge in [-0.15, -0.1) is 13.0 Å². The molecule has 9 rings (SSSR count). The van der Waals surface area contributed by atoms with Crippen molar-refractivity contribution in [2.45, 2.75) is 74.8 Å². The molecule has 0 amide bonds. The van der Waals surface area contributed by atoms with Crippen molar-refractivity contribution in [1.29, 1.82) is 0 Å². The van der Waals surface area contributed by atoms with Crippen LogP contribution in [0.2, 0.25) is 0 Å². The van der Waals surface area contributed by atoms with E-state index in [0.717, 1.165) is 38.2 Å². The average molecular weight is 799 g/mol. The molecule has 0 aliphatic carbocycles. The maximum Gasteiger partial charge on any atom is 0.433 e. The van der Waals surface area contributed by atoms with Gasteiger partial charge in [-0.25, -0.2) is 23.7 Å². The molecule has 58 heavy (non-hydrogen) atoms. The average Bonchev–Trinajstić information content (AvgIpc) is 3.73. The molecular weight excluding hydrogens is 760 g/mol. The number of piperazine rings is 1. The third-order valence-corrected chi connectivity index (χ3v) is 12.1. The normalized spacial score (nSPS) is 23.0. The number of aromatic hydroxyl groups is 1. The molecule has 0 spiro atoms. The van der Waals surface area contributed by atoms with Crippen molar-refractivity contribution in [3.05, 3.63) is 77.9 Å². The number of anilines is 1. The largest absolute Gasteiger partial charge is 0.508 e. The molecule has 0 radical (unpaired) electrons. The maximum atomic E-state index is 17.4. The molecule has 0 bridgehead atoms. The van der Waals surface area contributed by atoms with Crippen molar-refractivity contribution >= 4 is 27.5 Å². The van der Waals surface area contributed by atoms with Crippen molar-refractivity contribution < 1.29 is 36.5 Å². The van der Waals surface area contributed by atoms with E-state index in [-0.39, 0.29) is 76.7 Å². The highest BCUT2D eigenvalue weighted by molar-refractivity contribution is 6.03. The molecule has 2 N–H and O–H groups in total. The molecule has 4 aliphatic rings. The van der Waals surface area contributed by atoms with Gasteiger partial charge >= 0.3 is 12.2 Å². The molecule has 11 nitrogen and oxygen atoms in total. The molecule has 300 valence electrons. The Morgan fingerprint density at radius 3 is 2.72 bits per heavy atom. The van der Waals surface area contributed by atoms with Crippen LogP contribution in [0.1, 0.15) is 55.5 Å². The molecule has 3 fully saturated rings. The van der Waals surface area contributed by atoms with Gasteiger partial charge in [-0.2, -0.15) is 23.1 Å². The van der Waals surface area contributed by atoms with Crippen LogP contribution in [0.3, 0.4) is 0 Å². The number of hydrogen-bond acceptors (Lipinski definition) is 11. The van der Waals surface area contributed by atoms with E-state index in [1.54, 1.807) is 0 Å². The predicted molar refractivity (Wildman–Crippen MR) is 206 cm³/mol. The van der Waals surface area contributed by atoms with Crippen LogP contribution in [-0.2, 0) is 12.6 Å². The minimum atomic E-state index is -4.62. The Morgan fingerprint density at radius 1 is 1.05 bits per heavy atom. The summed E-state index contributed by atoms with van der Waals surface area (Å²) in [5.74, 6) is 1.13. The first-order valence-corrected chi connectivity index (χ1v) is 19.3. The van der Waals surface area contributed by atoms with Crippen molar-refractivity contribution in [2.75, 3.05) is 37.7 Å². The molecule has 3 aromatic heterocycles. The number of ether oxygens (including phenoxy) is 2. The van der Waals surface area contributed by atoms with E-state index in [2.05, 4.69) is 37.6 Å². The van der Waals surface area contributed by atoms with Gasteiger partial charge in [0.15, 0.2) is 11.5 Å². The van der Waals surface area contributed by atoms with Gasteiger partial charge in [0.2, 0.25) is 5.88 Å². The Labute approximate surface area is 330 Å². The van der Waals surface area contributed by atoms with Gasteiger partial charge in [-0.05, 0) is 75.1 Å². The number of phenols is 1. The summed E-state index contributed by atoms with van der Waals surface area (Å²) in [6.45, 7) is 6.25.